The normalized spacial score (nSPS) is 12.7. The highest BCUT2D eigenvalue weighted by atomic mass is 32.2. The Kier molecular flexibility index (Phi) is 7.43. The summed E-state index contributed by atoms with van der Waals surface area (Å²) < 4.78 is 33.2. The lowest BCUT2D eigenvalue weighted by molar-refractivity contribution is 0.273. The van der Waals surface area contributed by atoms with E-state index in [1.807, 2.05) is 37.3 Å². The zero-order chi connectivity index (χ0) is 18.1. The van der Waals surface area contributed by atoms with E-state index in [1.165, 1.54) is 6.07 Å². The molecule has 0 saturated heterocycles. The highest BCUT2D eigenvalue weighted by Gasteiger charge is 2.19. The number of para-hydroxylation sites is 1. The molecule has 2 aromatic carbocycles. The Labute approximate surface area is 149 Å². The summed E-state index contributed by atoms with van der Waals surface area (Å²) in [6.07, 6.45) is 1.21. The van der Waals surface area contributed by atoms with Crippen molar-refractivity contribution >= 4 is 10.0 Å². The Morgan fingerprint density at radius 1 is 1.04 bits per heavy atom. The maximum atomic E-state index is 12.6. The van der Waals surface area contributed by atoms with Gasteiger partial charge in [0.15, 0.2) is 0 Å². The Morgan fingerprint density at radius 3 is 2.40 bits per heavy atom. The molecular weight excluding hydrogens is 338 g/mol. The smallest absolute Gasteiger partial charge is 0.244 e. The summed E-state index contributed by atoms with van der Waals surface area (Å²) in [5.74, 6) is 0.462. The summed E-state index contributed by atoms with van der Waals surface area (Å²) in [5.41, 5.74) is 1.10. The van der Waals surface area contributed by atoms with E-state index >= 15 is 0 Å². The molecule has 0 aliphatic carbocycles. The first-order valence-electron chi connectivity index (χ1n) is 8.45. The Morgan fingerprint density at radius 2 is 1.72 bits per heavy atom. The summed E-state index contributed by atoms with van der Waals surface area (Å²) in [4.78, 5) is 0.148. The van der Waals surface area contributed by atoms with E-state index in [4.69, 9.17) is 4.74 Å². The van der Waals surface area contributed by atoms with Gasteiger partial charge in [0.2, 0.25) is 10.0 Å². The molecule has 0 fully saturated rings. The molecule has 0 radical (unpaired) electrons. The molecule has 0 bridgehead atoms. The molecule has 0 aromatic heterocycles. The van der Waals surface area contributed by atoms with Crippen LogP contribution in [0.5, 0.6) is 5.75 Å². The van der Waals surface area contributed by atoms with Crippen molar-refractivity contribution < 1.29 is 18.3 Å². The van der Waals surface area contributed by atoms with Gasteiger partial charge < -0.3 is 9.84 Å². The number of benzene rings is 2. The van der Waals surface area contributed by atoms with E-state index in [1.54, 1.807) is 18.2 Å². The molecule has 6 heteroatoms. The van der Waals surface area contributed by atoms with Crippen molar-refractivity contribution in [2.75, 3.05) is 19.8 Å². The van der Waals surface area contributed by atoms with Crippen LogP contribution in [0.2, 0.25) is 0 Å². The second-order valence-electron chi connectivity index (χ2n) is 5.69. The van der Waals surface area contributed by atoms with Gasteiger partial charge in [0.25, 0.3) is 0 Å². The quantitative estimate of drug-likeness (QED) is 0.680. The van der Waals surface area contributed by atoms with Gasteiger partial charge in [-0.05, 0) is 43.4 Å². The standard InChI is InChI=1S/C19H25NO4S/c1-2-24-18-10-6-7-11-19(18)25(22,23)20-14-12-17(13-15-21)16-8-4-3-5-9-16/h3-11,17,20-21H,2,12-15H2,1H3. The zero-order valence-electron chi connectivity index (χ0n) is 14.4. The van der Waals surface area contributed by atoms with Crippen LogP contribution in [0.1, 0.15) is 31.2 Å². The fourth-order valence-electron chi connectivity index (χ4n) is 2.75. The third-order valence-corrected chi connectivity index (χ3v) is 5.47. The molecule has 0 amide bonds. The first kappa shape index (κ1) is 19.4. The fraction of sp³-hybridized carbons (Fsp3) is 0.368. The molecule has 0 aliphatic heterocycles. The Hall–Kier alpha value is -1.89. The average Bonchev–Trinajstić information content (AvgIpc) is 2.62. The van der Waals surface area contributed by atoms with E-state index in [9.17, 15) is 13.5 Å². The van der Waals surface area contributed by atoms with Crippen molar-refractivity contribution in [3.8, 4) is 5.75 Å². The molecule has 25 heavy (non-hydrogen) atoms. The van der Waals surface area contributed by atoms with E-state index < -0.39 is 10.0 Å². The summed E-state index contributed by atoms with van der Waals surface area (Å²) in [5, 5.41) is 9.28. The zero-order valence-corrected chi connectivity index (χ0v) is 15.2. The Bertz CT molecular complexity index is 747. The van der Waals surface area contributed by atoms with Crippen LogP contribution in [0.15, 0.2) is 59.5 Å². The van der Waals surface area contributed by atoms with Gasteiger partial charge in [-0.1, -0.05) is 42.5 Å². The predicted molar refractivity (Wildman–Crippen MR) is 98.3 cm³/mol. The second-order valence-corrected chi connectivity index (χ2v) is 7.42. The van der Waals surface area contributed by atoms with Crippen LogP contribution in [0, 0.1) is 0 Å². The van der Waals surface area contributed by atoms with Gasteiger partial charge in [0.05, 0.1) is 6.61 Å². The maximum Gasteiger partial charge on any atom is 0.244 e. The highest BCUT2D eigenvalue weighted by Crippen LogP contribution is 2.25. The lowest BCUT2D eigenvalue weighted by atomic mass is 9.93. The number of ether oxygens (including phenoxy) is 1. The lowest BCUT2D eigenvalue weighted by Gasteiger charge is -2.17. The average molecular weight is 363 g/mol. The minimum absolute atomic E-state index is 0.0689. The molecular formula is C19H25NO4S. The van der Waals surface area contributed by atoms with Crippen molar-refractivity contribution in [3.05, 3.63) is 60.2 Å². The number of sulfonamides is 1. The molecule has 5 nitrogen and oxygen atoms in total. The number of hydrogen-bond donors (Lipinski definition) is 2. The van der Waals surface area contributed by atoms with Crippen LogP contribution < -0.4 is 9.46 Å². The highest BCUT2D eigenvalue weighted by molar-refractivity contribution is 7.89. The molecule has 0 aliphatic rings. The molecule has 2 rings (SSSR count). The molecule has 0 saturated carbocycles. The topological polar surface area (TPSA) is 75.6 Å². The first-order chi connectivity index (χ1) is 12.1. The first-order valence-corrected chi connectivity index (χ1v) is 9.94. The summed E-state index contributed by atoms with van der Waals surface area (Å²) in [6, 6.07) is 16.4. The van der Waals surface area contributed by atoms with E-state index in [0.717, 1.165) is 5.56 Å². The minimum Gasteiger partial charge on any atom is -0.492 e. The fourth-order valence-corrected chi connectivity index (χ4v) is 3.94. The van der Waals surface area contributed by atoms with Gasteiger partial charge in [-0.2, -0.15) is 0 Å². The number of nitrogens with one attached hydrogen (secondary N) is 1. The van der Waals surface area contributed by atoms with Gasteiger partial charge in [-0.3, -0.25) is 0 Å². The summed E-state index contributed by atoms with van der Waals surface area (Å²) in [6.45, 7) is 2.58. The predicted octanol–water partition coefficient (Wildman–Crippen LogP) is 2.92. The van der Waals surface area contributed by atoms with Crippen LogP contribution in [-0.4, -0.2) is 33.3 Å². The number of rotatable bonds is 10. The van der Waals surface area contributed by atoms with Crippen molar-refractivity contribution in [2.24, 2.45) is 0 Å². The van der Waals surface area contributed by atoms with Crippen LogP contribution in [-0.2, 0) is 10.0 Å². The van der Waals surface area contributed by atoms with E-state index in [-0.39, 0.29) is 17.4 Å². The SMILES string of the molecule is CCOc1ccccc1S(=O)(=O)NCCC(CCO)c1ccccc1. The third kappa shape index (κ3) is 5.56. The van der Waals surface area contributed by atoms with Gasteiger partial charge in [0.1, 0.15) is 10.6 Å². The van der Waals surface area contributed by atoms with Gasteiger partial charge in [-0.15, -0.1) is 0 Å². The van der Waals surface area contributed by atoms with E-state index in [2.05, 4.69) is 4.72 Å². The molecule has 136 valence electrons. The monoisotopic (exact) mass is 363 g/mol. The summed E-state index contributed by atoms with van der Waals surface area (Å²) in [7, 11) is -3.64. The largest absolute Gasteiger partial charge is 0.492 e. The minimum atomic E-state index is -3.64. The van der Waals surface area contributed by atoms with Crippen LogP contribution >= 0.6 is 0 Å². The van der Waals surface area contributed by atoms with Crippen LogP contribution in [0.4, 0.5) is 0 Å². The van der Waals surface area contributed by atoms with E-state index in [0.29, 0.717) is 31.7 Å². The molecule has 0 spiro atoms. The van der Waals surface area contributed by atoms with Crippen molar-refractivity contribution in [1.29, 1.82) is 0 Å². The van der Waals surface area contributed by atoms with Crippen molar-refractivity contribution in [3.63, 3.8) is 0 Å². The summed E-state index contributed by atoms with van der Waals surface area (Å²) >= 11 is 0. The third-order valence-electron chi connectivity index (χ3n) is 3.97. The van der Waals surface area contributed by atoms with Crippen molar-refractivity contribution in [2.45, 2.75) is 30.6 Å². The van der Waals surface area contributed by atoms with Crippen LogP contribution in [0.3, 0.4) is 0 Å². The number of hydrogen-bond acceptors (Lipinski definition) is 4. The maximum absolute atomic E-state index is 12.6. The lowest BCUT2D eigenvalue weighted by Crippen LogP contribution is -2.26. The number of aliphatic hydroxyl groups is 1. The van der Waals surface area contributed by atoms with Gasteiger partial charge in [-0.25, -0.2) is 13.1 Å². The molecule has 0 heterocycles. The van der Waals surface area contributed by atoms with Crippen LogP contribution in [0.25, 0.3) is 0 Å². The Balaban J connectivity index is 2.04. The van der Waals surface area contributed by atoms with Crippen molar-refractivity contribution in [1.82, 2.24) is 4.72 Å². The molecule has 2 aromatic rings. The number of aliphatic hydroxyl groups excluding tert-OH is 1. The molecule has 2 N–H and O–H groups in total. The van der Waals surface area contributed by atoms with Gasteiger partial charge >= 0.3 is 0 Å². The second kappa shape index (κ2) is 9.56. The van der Waals surface area contributed by atoms with Gasteiger partial charge in [0, 0.05) is 13.2 Å². The molecule has 1 atom stereocenters. The molecule has 1 unspecified atom stereocenters.